The van der Waals surface area contributed by atoms with Gasteiger partial charge in [0.25, 0.3) is 0 Å². The van der Waals surface area contributed by atoms with E-state index in [1.54, 1.807) is 0 Å². The van der Waals surface area contributed by atoms with Crippen molar-refractivity contribution in [3.05, 3.63) is 29.8 Å². The number of aliphatic hydroxyl groups is 1. The molecule has 19 heavy (non-hydrogen) atoms. The summed E-state index contributed by atoms with van der Waals surface area (Å²) in [5.41, 5.74) is 2.86. The van der Waals surface area contributed by atoms with Crippen LogP contribution in [0.2, 0.25) is 0 Å². The molecule has 0 spiro atoms. The van der Waals surface area contributed by atoms with Crippen LogP contribution in [0.15, 0.2) is 24.3 Å². The van der Waals surface area contributed by atoms with Gasteiger partial charge < -0.3 is 15.3 Å². The van der Waals surface area contributed by atoms with Gasteiger partial charge in [0.2, 0.25) is 0 Å². The third-order valence-electron chi connectivity index (χ3n) is 3.86. The average molecular weight is 262 g/mol. The topological polar surface area (TPSA) is 35.5 Å². The van der Waals surface area contributed by atoms with Crippen LogP contribution in [0, 0.1) is 0 Å². The predicted octanol–water partition coefficient (Wildman–Crippen LogP) is 2.19. The lowest BCUT2D eigenvalue weighted by atomic mass is 10.0. The molecule has 0 aromatic heterocycles. The lowest BCUT2D eigenvalue weighted by Gasteiger charge is -2.32. The number of nitrogens with one attached hydrogen (secondary N) is 1. The van der Waals surface area contributed by atoms with E-state index in [9.17, 15) is 5.11 Å². The summed E-state index contributed by atoms with van der Waals surface area (Å²) in [4.78, 5) is 2.47. The first-order valence-corrected chi connectivity index (χ1v) is 7.52. The molecule has 0 saturated heterocycles. The number of aliphatic hydroxyl groups excluding tert-OH is 1. The standard InChI is InChI=1S/C16H26N2O/c1-2-10-17-15(13-19)9-12-18-11-5-7-14-6-3-4-8-16(14)18/h3-4,6,8,15,17,19H,2,5,7,9-13H2,1H3. The molecule has 1 heterocycles. The SMILES string of the molecule is CCCNC(CO)CCN1CCCc2ccccc21. The van der Waals surface area contributed by atoms with E-state index in [-0.39, 0.29) is 12.6 Å². The second kappa shape index (κ2) is 7.51. The van der Waals surface area contributed by atoms with Crippen molar-refractivity contribution in [2.24, 2.45) is 0 Å². The molecule has 1 aromatic rings. The van der Waals surface area contributed by atoms with Crippen LogP contribution < -0.4 is 10.2 Å². The highest BCUT2D eigenvalue weighted by Crippen LogP contribution is 2.26. The second-order valence-electron chi connectivity index (χ2n) is 5.34. The Kier molecular flexibility index (Phi) is 5.67. The molecule has 1 unspecified atom stereocenters. The molecule has 1 atom stereocenters. The molecule has 0 aliphatic carbocycles. The molecule has 2 rings (SSSR count). The Bertz CT molecular complexity index is 381. The third kappa shape index (κ3) is 3.95. The first-order chi connectivity index (χ1) is 9.35. The molecule has 0 bridgehead atoms. The van der Waals surface area contributed by atoms with Crippen molar-refractivity contribution < 1.29 is 5.11 Å². The Labute approximate surface area is 116 Å². The monoisotopic (exact) mass is 262 g/mol. The molecule has 106 valence electrons. The maximum atomic E-state index is 9.40. The van der Waals surface area contributed by atoms with Crippen molar-refractivity contribution in [2.75, 3.05) is 31.1 Å². The summed E-state index contributed by atoms with van der Waals surface area (Å²) in [6.07, 6.45) is 4.56. The van der Waals surface area contributed by atoms with Crippen molar-refractivity contribution in [2.45, 2.75) is 38.6 Å². The van der Waals surface area contributed by atoms with Crippen LogP contribution in [-0.2, 0) is 6.42 Å². The lowest BCUT2D eigenvalue weighted by Crippen LogP contribution is -2.38. The van der Waals surface area contributed by atoms with Gasteiger partial charge in [0.1, 0.15) is 0 Å². The summed E-state index contributed by atoms with van der Waals surface area (Å²) in [7, 11) is 0. The quantitative estimate of drug-likeness (QED) is 0.790. The van der Waals surface area contributed by atoms with Crippen molar-refractivity contribution in [3.8, 4) is 0 Å². The molecule has 3 heteroatoms. The van der Waals surface area contributed by atoms with Gasteiger partial charge in [-0.1, -0.05) is 25.1 Å². The predicted molar refractivity (Wildman–Crippen MR) is 80.8 cm³/mol. The van der Waals surface area contributed by atoms with Gasteiger partial charge in [0.15, 0.2) is 0 Å². The number of aryl methyl sites for hydroxylation is 1. The number of nitrogens with zero attached hydrogens (tertiary/aromatic N) is 1. The molecule has 1 aromatic carbocycles. The lowest BCUT2D eigenvalue weighted by molar-refractivity contribution is 0.236. The zero-order chi connectivity index (χ0) is 13.5. The maximum absolute atomic E-state index is 9.40. The number of fused-ring (bicyclic) bond motifs is 1. The van der Waals surface area contributed by atoms with Crippen molar-refractivity contribution in [3.63, 3.8) is 0 Å². The molecule has 0 fully saturated rings. The number of hydrogen-bond acceptors (Lipinski definition) is 3. The van der Waals surface area contributed by atoms with Gasteiger partial charge in [-0.15, -0.1) is 0 Å². The molecular weight excluding hydrogens is 236 g/mol. The third-order valence-corrected chi connectivity index (χ3v) is 3.86. The molecule has 3 nitrogen and oxygen atoms in total. The number of benzene rings is 1. The molecule has 0 saturated carbocycles. The van der Waals surface area contributed by atoms with Crippen molar-refractivity contribution in [1.82, 2.24) is 5.32 Å². The van der Waals surface area contributed by atoms with E-state index < -0.39 is 0 Å². The minimum atomic E-state index is 0.231. The van der Waals surface area contributed by atoms with E-state index in [1.807, 2.05) is 0 Å². The van der Waals surface area contributed by atoms with Crippen LogP contribution >= 0.6 is 0 Å². The number of anilines is 1. The highest BCUT2D eigenvalue weighted by Gasteiger charge is 2.17. The molecule has 1 aliphatic rings. The summed E-state index contributed by atoms with van der Waals surface area (Å²) in [5.74, 6) is 0. The summed E-state index contributed by atoms with van der Waals surface area (Å²) in [6.45, 7) is 5.54. The van der Waals surface area contributed by atoms with Crippen LogP contribution in [0.3, 0.4) is 0 Å². The van der Waals surface area contributed by atoms with Crippen molar-refractivity contribution in [1.29, 1.82) is 0 Å². The Morgan fingerprint density at radius 2 is 2.21 bits per heavy atom. The van der Waals surface area contributed by atoms with Crippen LogP contribution in [-0.4, -0.2) is 37.4 Å². The van der Waals surface area contributed by atoms with Crippen molar-refractivity contribution >= 4 is 5.69 Å². The van der Waals surface area contributed by atoms with E-state index in [1.165, 1.54) is 24.1 Å². The molecule has 0 radical (unpaired) electrons. The van der Waals surface area contributed by atoms with E-state index in [0.717, 1.165) is 32.5 Å². The zero-order valence-corrected chi connectivity index (χ0v) is 11.9. The highest BCUT2D eigenvalue weighted by molar-refractivity contribution is 5.55. The normalized spacial score (nSPS) is 16.2. The summed E-state index contributed by atoms with van der Waals surface area (Å²) in [5, 5.41) is 12.8. The first kappa shape index (κ1) is 14.4. The fourth-order valence-corrected chi connectivity index (χ4v) is 2.76. The number of rotatable bonds is 7. The van der Waals surface area contributed by atoms with E-state index in [0.29, 0.717) is 0 Å². The summed E-state index contributed by atoms with van der Waals surface area (Å²) in [6, 6.07) is 8.94. The van der Waals surface area contributed by atoms with Crippen LogP contribution in [0.4, 0.5) is 5.69 Å². The van der Waals surface area contributed by atoms with Gasteiger partial charge in [-0.05, 0) is 43.9 Å². The zero-order valence-electron chi connectivity index (χ0n) is 11.9. The largest absolute Gasteiger partial charge is 0.395 e. The number of hydrogen-bond donors (Lipinski definition) is 2. The van der Waals surface area contributed by atoms with Crippen LogP contribution in [0.1, 0.15) is 31.7 Å². The Morgan fingerprint density at radius 1 is 1.37 bits per heavy atom. The Balaban J connectivity index is 1.89. The molecular formula is C16H26N2O. The average Bonchev–Trinajstić information content (AvgIpc) is 2.47. The summed E-state index contributed by atoms with van der Waals surface area (Å²) >= 11 is 0. The first-order valence-electron chi connectivity index (χ1n) is 7.52. The molecule has 2 N–H and O–H groups in total. The Hall–Kier alpha value is -1.06. The van der Waals surface area contributed by atoms with E-state index in [4.69, 9.17) is 0 Å². The second-order valence-corrected chi connectivity index (χ2v) is 5.34. The van der Waals surface area contributed by atoms with Gasteiger partial charge in [-0.2, -0.15) is 0 Å². The highest BCUT2D eigenvalue weighted by atomic mass is 16.3. The van der Waals surface area contributed by atoms with Gasteiger partial charge in [-0.3, -0.25) is 0 Å². The van der Waals surface area contributed by atoms with Crippen LogP contribution in [0.5, 0.6) is 0 Å². The van der Waals surface area contributed by atoms with Gasteiger partial charge in [0.05, 0.1) is 6.61 Å². The smallest absolute Gasteiger partial charge is 0.0585 e. The summed E-state index contributed by atoms with van der Waals surface area (Å²) < 4.78 is 0. The maximum Gasteiger partial charge on any atom is 0.0585 e. The minimum absolute atomic E-state index is 0.231. The van der Waals surface area contributed by atoms with Crippen LogP contribution in [0.25, 0.3) is 0 Å². The molecule has 1 aliphatic heterocycles. The van der Waals surface area contributed by atoms with E-state index >= 15 is 0 Å². The fourth-order valence-electron chi connectivity index (χ4n) is 2.76. The van der Waals surface area contributed by atoms with E-state index in [2.05, 4.69) is 41.4 Å². The van der Waals surface area contributed by atoms with Gasteiger partial charge >= 0.3 is 0 Å². The van der Waals surface area contributed by atoms with Gasteiger partial charge in [0, 0.05) is 24.8 Å². The number of para-hydroxylation sites is 1. The Morgan fingerprint density at radius 3 is 3.00 bits per heavy atom. The van der Waals surface area contributed by atoms with Gasteiger partial charge in [-0.25, -0.2) is 0 Å². The minimum Gasteiger partial charge on any atom is -0.395 e. The molecule has 0 amide bonds. The fraction of sp³-hybridized carbons (Fsp3) is 0.625.